The van der Waals surface area contributed by atoms with Crippen molar-refractivity contribution in [2.75, 3.05) is 18.6 Å². The lowest BCUT2D eigenvalue weighted by Gasteiger charge is -2.55. The van der Waals surface area contributed by atoms with E-state index in [1.165, 1.54) is 10.8 Å². The van der Waals surface area contributed by atoms with E-state index in [-0.39, 0.29) is 23.3 Å². The van der Waals surface area contributed by atoms with Gasteiger partial charge in [-0.1, -0.05) is 13.8 Å². The molecule has 0 spiro atoms. The van der Waals surface area contributed by atoms with Crippen LogP contribution >= 0.6 is 0 Å². The largest absolute Gasteiger partial charge is 0.433 e. The summed E-state index contributed by atoms with van der Waals surface area (Å²) in [6.45, 7) is 6.67. The number of alkyl halides is 3. The summed E-state index contributed by atoms with van der Waals surface area (Å²) in [4.78, 5) is 9.17. The molecule has 2 atom stereocenters. The standard InChI is InChI=1S/C15H20F3N5O/c1-5-24-11-7-10(14(11,2)3)22(4)12-6-9(15(16,17)18)21-13-19-8-20-23(12)13/h6,8,10-11H,5,7H2,1-4H3. The molecular formula is C15H20F3N5O. The van der Waals surface area contributed by atoms with Crippen molar-refractivity contribution in [2.24, 2.45) is 5.41 Å². The molecule has 0 bridgehead atoms. The Hall–Kier alpha value is -1.90. The summed E-state index contributed by atoms with van der Waals surface area (Å²) < 4.78 is 46.4. The van der Waals surface area contributed by atoms with E-state index < -0.39 is 11.9 Å². The van der Waals surface area contributed by atoms with Crippen molar-refractivity contribution in [1.82, 2.24) is 19.6 Å². The first kappa shape index (κ1) is 16.9. The van der Waals surface area contributed by atoms with Gasteiger partial charge in [0.1, 0.15) is 12.1 Å². The SMILES string of the molecule is CCOC1CC(N(C)c2cc(C(F)(F)F)nc3ncnn23)C1(C)C. The summed E-state index contributed by atoms with van der Waals surface area (Å²) in [5, 5.41) is 4.01. The number of anilines is 1. The van der Waals surface area contributed by atoms with E-state index >= 15 is 0 Å². The molecule has 2 aromatic rings. The Balaban J connectivity index is 1.98. The van der Waals surface area contributed by atoms with E-state index in [1.807, 2.05) is 11.8 Å². The van der Waals surface area contributed by atoms with Crippen LogP contribution in [-0.2, 0) is 10.9 Å². The lowest BCUT2D eigenvalue weighted by atomic mass is 9.64. The quantitative estimate of drug-likeness (QED) is 0.854. The van der Waals surface area contributed by atoms with Crippen LogP contribution in [0.4, 0.5) is 19.0 Å². The number of hydrogen-bond donors (Lipinski definition) is 0. The smallest absolute Gasteiger partial charge is 0.378 e. The summed E-state index contributed by atoms with van der Waals surface area (Å²) >= 11 is 0. The minimum atomic E-state index is -4.54. The molecule has 9 heteroatoms. The maximum atomic E-state index is 13.1. The highest BCUT2D eigenvalue weighted by Crippen LogP contribution is 2.46. The second kappa shape index (κ2) is 5.58. The van der Waals surface area contributed by atoms with Gasteiger partial charge >= 0.3 is 6.18 Å². The Labute approximate surface area is 137 Å². The molecule has 24 heavy (non-hydrogen) atoms. The Bertz CT molecular complexity index is 742. The summed E-state index contributed by atoms with van der Waals surface area (Å²) in [5.74, 6) is 0.253. The second-order valence-electron chi connectivity index (χ2n) is 6.60. The summed E-state index contributed by atoms with van der Waals surface area (Å²) in [5.41, 5.74) is -1.15. The Morgan fingerprint density at radius 3 is 2.71 bits per heavy atom. The molecule has 6 nitrogen and oxygen atoms in total. The van der Waals surface area contributed by atoms with Gasteiger partial charge in [-0.25, -0.2) is 4.98 Å². The molecule has 0 saturated heterocycles. The lowest BCUT2D eigenvalue weighted by molar-refractivity contribution is -0.141. The molecule has 2 aromatic heterocycles. The number of ether oxygens (including phenoxy) is 1. The van der Waals surface area contributed by atoms with E-state index in [0.717, 1.165) is 12.5 Å². The van der Waals surface area contributed by atoms with Gasteiger partial charge in [0, 0.05) is 31.2 Å². The van der Waals surface area contributed by atoms with Crippen molar-refractivity contribution in [1.29, 1.82) is 0 Å². The van der Waals surface area contributed by atoms with Crippen LogP contribution in [0.5, 0.6) is 0 Å². The van der Waals surface area contributed by atoms with Gasteiger partial charge in [-0.05, 0) is 13.3 Å². The van der Waals surface area contributed by atoms with Crippen molar-refractivity contribution in [3.05, 3.63) is 18.1 Å². The molecule has 0 radical (unpaired) electrons. The Morgan fingerprint density at radius 2 is 2.12 bits per heavy atom. The van der Waals surface area contributed by atoms with Crippen molar-refractivity contribution in [2.45, 2.75) is 45.5 Å². The van der Waals surface area contributed by atoms with Crippen molar-refractivity contribution >= 4 is 11.6 Å². The van der Waals surface area contributed by atoms with Gasteiger partial charge < -0.3 is 9.64 Å². The van der Waals surface area contributed by atoms with Gasteiger partial charge in [0.05, 0.1) is 6.10 Å². The van der Waals surface area contributed by atoms with Gasteiger partial charge in [0.15, 0.2) is 5.69 Å². The highest BCUT2D eigenvalue weighted by Gasteiger charge is 2.51. The van der Waals surface area contributed by atoms with Gasteiger partial charge in [0.2, 0.25) is 0 Å². The maximum Gasteiger partial charge on any atom is 0.433 e. The van der Waals surface area contributed by atoms with E-state index in [1.54, 1.807) is 7.05 Å². The van der Waals surface area contributed by atoms with E-state index in [2.05, 4.69) is 28.9 Å². The summed E-state index contributed by atoms with van der Waals surface area (Å²) in [7, 11) is 1.77. The molecule has 2 heterocycles. The Morgan fingerprint density at radius 1 is 1.42 bits per heavy atom. The Kier molecular flexibility index (Phi) is 3.94. The zero-order valence-electron chi connectivity index (χ0n) is 14.0. The zero-order chi connectivity index (χ0) is 17.7. The third-order valence-electron chi connectivity index (χ3n) is 4.85. The average Bonchev–Trinajstić information content (AvgIpc) is 2.97. The molecule has 0 amide bonds. The van der Waals surface area contributed by atoms with Crippen molar-refractivity contribution in [3.8, 4) is 0 Å². The normalized spacial score (nSPS) is 23.3. The molecule has 1 saturated carbocycles. The summed E-state index contributed by atoms with van der Waals surface area (Å²) in [6, 6.07) is 1.05. The monoisotopic (exact) mass is 343 g/mol. The predicted molar refractivity (Wildman–Crippen MR) is 81.8 cm³/mol. The fraction of sp³-hybridized carbons (Fsp3) is 0.667. The number of rotatable bonds is 4. The zero-order valence-corrected chi connectivity index (χ0v) is 14.0. The lowest BCUT2D eigenvalue weighted by Crippen LogP contribution is -2.61. The average molecular weight is 343 g/mol. The topological polar surface area (TPSA) is 55.5 Å². The van der Waals surface area contributed by atoms with Crippen LogP contribution in [0.1, 0.15) is 32.9 Å². The van der Waals surface area contributed by atoms with Gasteiger partial charge in [-0.15, -0.1) is 0 Å². The van der Waals surface area contributed by atoms with E-state index in [0.29, 0.717) is 12.4 Å². The molecule has 132 valence electrons. The molecule has 0 N–H and O–H groups in total. The van der Waals surface area contributed by atoms with E-state index in [4.69, 9.17) is 4.74 Å². The van der Waals surface area contributed by atoms with Gasteiger partial charge in [-0.2, -0.15) is 27.8 Å². The highest BCUT2D eigenvalue weighted by molar-refractivity contribution is 5.49. The molecule has 0 aliphatic heterocycles. The van der Waals surface area contributed by atoms with Crippen LogP contribution < -0.4 is 4.90 Å². The van der Waals surface area contributed by atoms with Crippen molar-refractivity contribution in [3.63, 3.8) is 0 Å². The molecular weight excluding hydrogens is 323 g/mol. The molecule has 3 rings (SSSR count). The molecule has 0 aromatic carbocycles. The molecule has 1 aliphatic carbocycles. The molecule has 2 unspecified atom stereocenters. The third kappa shape index (κ3) is 2.60. The minimum absolute atomic E-state index is 0.0323. The fourth-order valence-corrected chi connectivity index (χ4v) is 3.36. The van der Waals surface area contributed by atoms with Gasteiger partial charge in [-0.3, -0.25) is 0 Å². The van der Waals surface area contributed by atoms with Crippen LogP contribution in [0, 0.1) is 5.41 Å². The van der Waals surface area contributed by atoms with Crippen LogP contribution in [0.25, 0.3) is 5.78 Å². The maximum absolute atomic E-state index is 13.1. The van der Waals surface area contributed by atoms with Gasteiger partial charge in [0.25, 0.3) is 5.78 Å². The van der Waals surface area contributed by atoms with E-state index in [9.17, 15) is 13.2 Å². The second-order valence-corrected chi connectivity index (χ2v) is 6.60. The number of hydrogen-bond acceptors (Lipinski definition) is 5. The first-order chi connectivity index (χ1) is 11.2. The van der Waals surface area contributed by atoms with Crippen LogP contribution in [-0.4, -0.2) is 45.4 Å². The van der Waals surface area contributed by atoms with Crippen molar-refractivity contribution < 1.29 is 17.9 Å². The van der Waals surface area contributed by atoms with Crippen LogP contribution in [0.15, 0.2) is 12.4 Å². The number of fused-ring (bicyclic) bond motifs is 1. The van der Waals surface area contributed by atoms with Crippen LogP contribution in [0.3, 0.4) is 0 Å². The van der Waals surface area contributed by atoms with Crippen LogP contribution in [0.2, 0.25) is 0 Å². The molecule has 1 aliphatic rings. The third-order valence-corrected chi connectivity index (χ3v) is 4.85. The first-order valence-corrected chi connectivity index (χ1v) is 7.78. The number of aromatic nitrogens is 4. The fourth-order valence-electron chi connectivity index (χ4n) is 3.36. The number of nitrogens with zero attached hydrogens (tertiary/aromatic N) is 5. The highest BCUT2D eigenvalue weighted by atomic mass is 19.4. The summed E-state index contributed by atoms with van der Waals surface area (Å²) in [6.07, 6.45) is -2.50. The predicted octanol–water partition coefficient (Wildman–Crippen LogP) is 2.78. The minimum Gasteiger partial charge on any atom is -0.378 e. The molecule has 1 fully saturated rings. The first-order valence-electron chi connectivity index (χ1n) is 7.78. The number of halogens is 3.